The van der Waals surface area contributed by atoms with Gasteiger partial charge in [0.2, 0.25) is 0 Å². The van der Waals surface area contributed by atoms with Crippen molar-refractivity contribution in [3.05, 3.63) is 89.1 Å². The minimum atomic E-state index is -0.416. The monoisotopic (exact) mass is 428 g/mol. The molecule has 0 bridgehead atoms. The van der Waals surface area contributed by atoms with Gasteiger partial charge in [0.25, 0.3) is 11.8 Å². The summed E-state index contributed by atoms with van der Waals surface area (Å²) in [6.45, 7) is 3.88. The van der Waals surface area contributed by atoms with Gasteiger partial charge in [0.1, 0.15) is 17.2 Å². The standard InChI is InChI=1S/C26H24N2O4/c1-16-10-17(2)12-20(11-16)28-25(29)23(18-8-6-5-7-9-18)24(26(28)30)27-19-13-21(31-3)15-22(14-19)32-4/h5-15,27H,1-4H3. The molecule has 0 saturated heterocycles. The van der Waals surface area contributed by atoms with Crippen LogP contribution in [0.1, 0.15) is 16.7 Å². The first-order chi connectivity index (χ1) is 15.4. The van der Waals surface area contributed by atoms with E-state index in [0.717, 1.165) is 11.1 Å². The van der Waals surface area contributed by atoms with Gasteiger partial charge >= 0.3 is 0 Å². The molecule has 0 aromatic heterocycles. The maximum Gasteiger partial charge on any atom is 0.282 e. The van der Waals surface area contributed by atoms with Crippen LogP contribution in [0.5, 0.6) is 11.5 Å². The number of nitrogens with one attached hydrogen (secondary N) is 1. The van der Waals surface area contributed by atoms with Crippen LogP contribution in [0.3, 0.4) is 0 Å². The van der Waals surface area contributed by atoms with Crippen molar-refractivity contribution < 1.29 is 19.1 Å². The highest BCUT2D eigenvalue weighted by Gasteiger charge is 2.40. The molecule has 0 radical (unpaired) electrons. The molecule has 0 spiro atoms. The van der Waals surface area contributed by atoms with Crippen LogP contribution < -0.4 is 19.7 Å². The zero-order chi connectivity index (χ0) is 22.8. The van der Waals surface area contributed by atoms with Gasteiger partial charge in [-0.05, 0) is 42.7 Å². The fourth-order valence-electron chi connectivity index (χ4n) is 3.86. The summed E-state index contributed by atoms with van der Waals surface area (Å²) in [5, 5.41) is 3.16. The third kappa shape index (κ3) is 3.95. The van der Waals surface area contributed by atoms with Crippen molar-refractivity contribution in [1.29, 1.82) is 0 Å². The molecule has 6 nitrogen and oxygen atoms in total. The van der Waals surface area contributed by atoms with Crippen LogP contribution in [-0.4, -0.2) is 26.0 Å². The highest BCUT2D eigenvalue weighted by molar-refractivity contribution is 6.46. The number of imide groups is 1. The molecule has 0 aliphatic carbocycles. The SMILES string of the molecule is COc1cc(NC2=C(c3ccccc3)C(=O)N(c3cc(C)cc(C)c3)C2=O)cc(OC)c1. The van der Waals surface area contributed by atoms with E-state index in [1.54, 1.807) is 32.4 Å². The van der Waals surface area contributed by atoms with Crippen LogP contribution in [0.15, 0.2) is 72.4 Å². The molecule has 0 atom stereocenters. The largest absolute Gasteiger partial charge is 0.497 e. The summed E-state index contributed by atoms with van der Waals surface area (Å²) in [4.78, 5) is 28.3. The molecule has 0 saturated carbocycles. The Balaban J connectivity index is 1.83. The summed E-state index contributed by atoms with van der Waals surface area (Å²) in [6, 6.07) is 20.1. The molecule has 1 N–H and O–H groups in total. The first-order valence-corrected chi connectivity index (χ1v) is 10.2. The second-order valence-corrected chi connectivity index (χ2v) is 7.63. The second kappa shape index (κ2) is 8.59. The number of nitrogens with zero attached hydrogens (tertiary/aromatic N) is 1. The van der Waals surface area contributed by atoms with Crippen LogP contribution in [0, 0.1) is 13.8 Å². The predicted octanol–water partition coefficient (Wildman–Crippen LogP) is 4.72. The number of carbonyl (C=O) groups is 2. The molecule has 1 aliphatic rings. The van der Waals surface area contributed by atoms with Crippen LogP contribution >= 0.6 is 0 Å². The van der Waals surface area contributed by atoms with Crippen molar-refractivity contribution in [2.45, 2.75) is 13.8 Å². The Labute approximate surface area is 187 Å². The first-order valence-electron chi connectivity index (χ1n) is 10.2. The van der Waals surface area contributed by atoms with Crippen molar-refractivity contribution in [2.24, 2.45) is 0 Å². The summed E-state index contributed by atoms with van der Waals surface area (Å²) in [7, 11) is 3.11. The van der Waals surface area contributed by atoms with Gasteiger partial charge in [-0.1, -0.05) is 36.4 Å². The number of hydrogen-bond acceptors (Lipinski definition) is 5. The van der Waals surface area contributed by atoms with Crippen LogP contribution in [0.25, 0.3) is 5.57 Å². The number of rotatable bonds is 6. The number of methoxy groups -OCH3 is 2. The Morgan fingerprint density at radius 1 is 0.750 bits per heavy atom. The Kier molecular flexibility index (Phi) is 5.69. The third-order valence-corrected chi connectivity index (χ3v) is 5.23. The molecule has 1 aliphatic heterocycles. The molecule has 162 valence electrons. The maximum atomic E-state index is 13.6. The van der Waals surface area contributed by atoms with E-state index in [1.165, 1.54) is 4.90 Å². The van der Waals surface area contributed by atoms with E-state index in [1.807, 2.05) is 62.4 Å². The van der Waals surface area contributed by atoms with Crippen LogP contribution in [-0.2, 0) is 9.59 Å². The van der Waals surface area contributed by atoms with Crippen molar-refractivity contribution >= 4 is 28.8 Å². The van der Waals surface area contributed by atoms with E-state index < -0.39 is 5.91 Å². The Bertz CT molecular complexity index is 1190. The fourth-order valence-corrected chi connectivity index (χ4v) is 3.86. The van der Waals surface area contributed by atoms with E-state index in [4.69, 9.17) is 9.47 Å². The van der Waals surface area contributed by atoms with E-state index >= 15 is 0 Å². The average Bonchev–Trinajstić information content (AvgIpc) is 3.02. The lowest BCUT2D eigenvalue weighted by molar-refractivity contribution is -0.120. The second-order valence-electron chi connectivity index (χ2n) is 7.63. The minimum absolute atomic E-state index is 0.204. The zero-order valence-corrected chi connectivity index (χ0v) is 18.4. The van der Waals surface area contributed by atoms with Crippen molar-refractivity contribution in [3.8, 4) is 11.5 Å². The normalized spacial score (nSPS) is 13.6. The molecular weight excluding hydrogens is 404 g/mol. The lowest BCUT2D eigenvalue weighted by atomic mass is 10.0. The lowest BCUT2D eigenvalue weighted by Crippen LogP contribution is -2.32. The minimum Gasteiger partial charge on any atom is -0.497 e. The zero-order valence-electron chi connectivity index (χ0n) is 18.4. The Hall–Kier alpha value is -4.06. The average molecular weight is 428 g/mol. The van der Waals surface area contributed by atoms with Crippen LogP contribution in [0.2, 0.25) is 0 Å². The van der Waals surface area contributed by atoms with E-state index in [2.05, 4.69) is 5.32 Å². The van der Waals surface area contributed by atoms with Crippen molar-refractivity contribution in [3.63, 3.8) is 0 Å². The topological polar surface area (TPSA) is 67.9 Å². The van der Waals surface area contributed by atoms with Crippen molar-refractivity contribution in [1.82, 2.24) is 0 Å². The first kappa shape index (κ1) is 21.2. The predicted molar refractivity (Wildman–Crippen MR) is 125 cm³/mol. The highest BCUT2D eigenvalue weighted by atomic mass is 16.5. The molecule has 1 heterocycles. The molecule has 3 aromatic rings. The smallest absolute Gasteiger partial charge is 0.282 e. The summed E-state index contributed by atoms with van der Waals surface area (Å²) in [5.41, 5.74) is 4.25. The summed E-state index contributed by atoms with van der Waals surface area (Å²) < 4.78 is 10.7. The molecule has 3 aromatic carbocycles. The number of anilines is 2. The van der Waals surface area contributed by atoms with Gasteiger partial charge in [-0.15, -0.1) is 0 Å². The lowest BCUT2D eigenvalue weighted by Gasteiger charge is -2.17. The third-order valence-electron chi connectivity index (χ3n) is 5.23. The van der Waals surface area contributed by atoms with Gasteiger partial charge in [0, 0.05) is 23.9 Å². The van der Waals surface area contributed by atoms with Gasteiger partial charge in [0.05, 0.1) is 25.5 Å². The van der Waals surface area contributed by atoms with Gasteiger partial charge in [0.15, 0.2) is 0 Å². The molecule has 4 rings (SSSR count). The van der Waals surface area contributed by atoms with E-state index in [-0.39, 0.29) is 11.6 Å². The molecule has 0 unspecified atom stereocenters. The quantitative estimate of drug-likeness (QED) is 0.576. The van der Waals surface area contributed by atoms with Gasteiger partial charge in [-0.25, -0.2) is 4.90 Å². The Morgan fingerprint density at radius 2 is 1.34 bits per heavy atom. The molecule has 2 amide bonds. The summed E-state index contributed by atoms with van der Waals surface area (Å²) in [5.74, 6) is 0.345. The summed E-state index contributed by atoms with van der Waals surface area (Å²) in [6.07, 6.45) is 0. The number of aryl methyl sites for hydroxylation is 2. The molecule has 32 heavy (non-hydrogen) atoms. The highest BCUT2D eigenvalue weighted by Crippen LogP contribution is 2.35. The molecule has 0 fully saturated rings. The number of amides is 2. The van der Waals surface area contributed by atoms with Gasteiger partial charge in [-0.3, -0.25) is 9.59 Å². The number of carbonyl (C=O) groups excluding carboxylic acids is 2. The summed E-state index contributed by atoms with van der Waals surface area (Å²) >= 11 is 0. The molecule has 6 heteroatoms. The van der Waals surface area contributed by atoms with E-state index in [9.17, 15) is 9.59 Å². The van der Waals surface area contributed by atoms with Crippen molar-refractivity contribution in [2.75, 3.05) is 24.4 Å². The fraction of sp³-hybridized carbons (Fsp3) is 0.154. The number of benzene rings is 3. The Morgan fingerprint density at radius 3 is 1.91 bits per heavy atom. The maximum absolute atomic E-state index is 13.6. The number of hydrogen-bond donors (Lipinski definition) is 1. The molecular formula is C26H24N2O4. The van der Waals surface area contributed by atoms with Gasteiger partial charge < -0.3 is 14.8 Å². The van der Waals surface area contributed by atoms with E-state index in [0.29, 0.717) is 34.0 Å². The van der Waals surface area contributed by atoms with Crippen LogP contribution in [0.4, 0.5) is 11.4 Å². The number of ether oxygens (including phenoxy) is 2. The van der Waals surface area contributed by atoms with Gasteiger partial charge in [-0.2, -0.15) is 0 Å².